The minimum atomic E-state index is -3.78. The number of hydrogen-bond acceptors (Lipinski definition) is 7. The van der Waals surface area contributed by atoms with Gasteiger partial charge in [-0.05, 0) is 36.4 Å². The van der Waals surface area contributed by atoms with Crippen LogP contribution in [0.5, 0.6) is 5.75 Å². The second-order valence-corrected chi connectivity index (χ2v) is 8.90. The number of hydrogen-bond donors (Lipinski definition) is 2. The molecule has 0 aromatic heterocycles. The van der Waals surface area contributed by atoms with Crippen LogP contribution < -0.4 is 15.4 Å². The van der Waals surface area contributed by atoms with Crippen molar-refractivity contribution in [2.45, 2.75) is 4.90 Å². The first-order valence-corrected chi connectivity index (χ1v) is 11.2. The van der Waals surface area contributed by atoms with E-state index in [1.54, 1.807) is 12.1 Å². The van der Waals surface area contributed by atoms with Gasteiger partial charge in [0, 0.05) is 24.5 Å². The van der Waals surface area contributed by atoms with E-state index in [0.29, 0.717) is 30.2 Å². The van der Waals surface area contributed by atoms with Gasteiger partial charge in [0.2, 0.25) is 15.9 Å². The van der Waals surface area contributed by atoms with E-state index in [9.17, 15) is 13.2 Å². The number of rotatable bonds is 7. The van der Waals surface area contributed by atoms with Crippen molar-refractivity contribution >= 4 is 38.9 Å². The second kappa shape index (κ2) is 9.98. The van der Waals surface area contributed by atoms with Gasteiger partial charge in [-0.3, -0.25) is 4.79 Å². The predicted octanol–water partition coefficient (Wildman–Crippen LogP) is 2.29. The van der Waals surface area contributed by atoms with E-state index in [1.165, 1.54) is 35.7 Å². The molecule has 2 N–H and O–H groups in total. The Morgan fingerprint density at radius 1 is 1.23 bits per heavy atom. The Balaban J connectivity index is 1.71. The predicted molar refractivity (Wildman–Crippen MR) is 116 cm³/mol. The van der Waals surface area contributed by atoms with Crippen molar-refractivity contribution in [1.29, 1.82) is 5.26 Å². The van der Waals surface area contributed by atoms with Crippen LogP contribution in [0.3, 0.4) is 0 Å². The Hall–Kier alpha value is -2.84. The van der Waals surface area contributed by atoms with E-state index in [-0.39, 0.29) is 41.2 Å². The normalized spacial score (nSPS) is 14.5. The molecule has 2 aromatic rings. The number of benzene rings is 2. The third-order valence-corrected chi connectivity index (χ3v) is 6.81. The standard InChI is InChI=1S/C20H21ClN4O5S/c1-29-18-5-4-15(11-19(18)31(27,28)25-6-8-30-9-7-25)23-13-20(26)24-16-3-2-14(12-22)17(21)10-16/h2-5,10-11,23H,6-9,13H2,1H3,(H,24,26). The average Bonchev–Trinajstić information content (AvgIpc) is 2.78. The number of carbonyl (C=O) groups excluding carboxylic acids is 1. The highest BCUT2D eigenvalue weighted by Gasteiger charge is 2.29. The zero-order valence-electron chi connectivity index (χ0n) is 16.7. The fourth-order valence-corrected chi connectivity index (χ4v) is 4.80. The molecule has 1 aliphatic rings. The molecular formula is C20H21ClN4O5S. The first-order valence-electron chi connectivity index (χ1n) is 9.34. The Kier molecular flexibility index (Phi) is 7.35. The zero-order valence-corrected chi connectivity index (χ0v) is 18.3. The van der Waals surface area contributed by atoms with Crippen molar-refractivity contribution in [1.82, 2.24) is 4.31 Å². The number of sulfonamides is 1. The first-order chi connectivity index (χ1) is 14.8. The molecule has 31 heavy (non-hydrogen) atoms. The van der Waals surface area contributed by atoms with E-state index >= 15 is 0 Å². The molecule has 0 spiro atoms. The van der Waals surface area contributed by atoms with Gasteiger partial charge in [-0.15, -0.1) is 0 Å². The molecule has 0 aliphatic carbocycles. The molecule has 0 bridgehead atoms. The summed E-state index contributed by atoms with van der Waals surface area (Å²) in [6, 6.07) is 11.1. The van der Waals surface area contributed by atoms with Crippen molar-refractivity contribution < 1.29 is 22.7 Å². The Bertz CT molecular complexity index is 1110. The summed E-state index contributed by atoms with van der Waals surface area (Å²) in [6.07, 6.45) is 0. The minimum Gasteiger partial charge on any atom is -0.495 e. The number of anilines is 2. The number of nitrogens with one attached hydrogen (secondary N) is 2. The van der Waals surface area contributed by atoms with Crippen LogP contribution in [0.1, 0.15) is 5.56 Å². The number of morpholine rings is 1. The smallest absolute Gasteiger partial charge is 0.246 e. The van der Waals surface area contributed by atoms with Gasteiger partial charge in [-0.2, -0.15) is 9.57 Å². The van der Waals surface area contributed by atoms with Crippen LogP contribution in [0.2, 0.25) is 5.02 Å². The fraction of sp³-hybridized carbons (Fsp3) is 0.300. The molecule has 1 aliphatic heterocycles. The van der Waals surface area contributed by atoms with Crippen LogP contribution >= 0.6 is 11.6 Å². The van der Waals surface area contributed by atoms with Crippen molar-refractivity contribution in [3.63, 3.8) is 0 Å². The van der Waals surface area contributed by atoms with Gasteiger partial charge in [-0.1, -0.05) is 11.6 Å². The fourth-order valence-electron chi connectivity index (χ4n) is 2.99. The summed E-state index contributed by atoms with van der Waals surface area (Å²) in [7, 11) is -2.38. The summed E-state index contributed by atoms with van der Waals surface area (Å²) in [6.45, 7) is 1.08. The number of carbonyl (C=O) groups is 1. The van der Waals surface area contributed by atoms with Gasteiger partial charge in [0.05, 0.1) is 37.5 Å². The lowest BCUT2D eigenvalue weighted by Gasteiger charge is -2.26. The third kappa shape index (κ3) is 5.45. The number of ether oxygens (including phenoxy) is 2. The lowest BCUT2D eigenvalue weighted by atomic mass is 10.2. The molecule has 0 radical (unpaired) electrons. The minimum absolute atomic E-state index is 0.0150. The van der Waals surface area contributed by atoms with Crippen LogP contribution in [-0.2, 0) is 19.6 Å². The van der Waals surface area contributed by atoms with Gasteiger partial charge in [-0.25, -0.2) is 8.42 Å². The number of nitrogens with zero attached hydrogens (tertiary/aromatic N) is 2. The number of methoxy groups -OCH3 is 1. The molecule has 0 unspecified atom stereocenters. The molecule has 164 valence electrons. The monoisotopic (exact) mass is 464 g/mol. The van der Waals surface area contributed by atoms with Crippen LogP contribution in [0.4, 0.5) is 11.4 Å². The summed E-state index contributed by atoms with van der Waals surface area (Å²) in [4.78, 5) is 12.3. The molecular weight excluding hydrogens is 444 g/mol. The Labute approximate surface area is 185 Å². The Morgan fingerprint density at radius 2 is 1.94 bits per heavy atom. The average molecular weight is 465 g/mol. The van der Waals surface area contributed by atoms with E-state index in [0.717, 1.165) is 0 Å². The highest BCUT2D eigenvalue weighted by atomic mass is 35.5. The molecule has 1 amide bonds. The zero-order chi connectivity index (χ0) is 22.4. The maximum Gasteiger partial charge on any atom is 0.246 e. The number of amides is 1. The van der Waals surface area contributed by atoms with Gasteiger partial charge >= 0.3 is 0 Å². The largest absolute Gasteiger partial charge is 0.495 e. The molecule has 1 heterocycles. The highest BCUT2D eigenvalue weighted by molar-refractivity contribution is 7.89. The van der Waals surface area contributed by atoms with E-state index < -0.39 is 10.0 Å². The van der Waals surface area contributed by atoms with Crippen molar-refractivity contribution in [3.8, 4) is 11.8 Å². The quantitative estimate of drug-likeness (QED) is 0.644. The highest BCUT2D eigenvalue weighted by Crippen LogP contribution is 2.30. The lowest BCUT2D eigenvalue weighted by Crippen LogP contribution is -2.40. The molecule has 3 rings (SSSR count). The molecule has 0 atom stereocenters. The Morgan fingerprint density at radius 3 is 2.58 bits per heavy atom. The van der Waals surface area contributed by atoms with Crippen molar-refractivity contribution in [3.05, 3.63) is 47.0 Å². The van der Waals surface area contributed by atoms with E-state index in [4.69, 9.17) is 26.3 Å². The summed E-state index contributed by atoms with van der Waals surface area (Å²) < 4.78 is 37.9. The molecule has 11 heteroatoms. The van der Waals surface area contributed by atoms with E-state index in [1.807, 2.05) is 6.07 Å². The van der Waals surface area contributed by atoms with Crippen molar-refractivity contribution in [2.75, 3.05) is 50.6 Å². The maximum atomic E-state index is 13.0. The number of nitriles is 1. The van der Waals surface area contributed by atoms with E-state index in [2.05, 4.69) is 10.6 Å². The first kappa shape index (κ1) is 22.8. The summed E-state index contributed by atoms with van der Waals surface area (Å²) >= 11 is 5.97. The molecule has 2 aromatic carbocycles. The third-order valence-electron chi connectivity index (χ3n) is 4.58. The van der Waals surface area contributed by atoms with Crippen molar-refractivity contribution in [2.24, 2.45) is 0 Å². The van der Waals surface area contributed by atoms with Gasteiger partial charge < -0.3 is 20.1 Å². The molecule has 0 saturated carbocycles. The van der Waals surface area contributed by atoms with Crippen LogP contribution in [-0.4, -0.2) is 58.6 Å². The molecule has 1 saturated heterocycles. The lowest BCUT2D eigenvalue weighted by molar-refractivity contribution is -0.114. The molecule has 9 nitrogen and oxygen atoms in total. The number of halogens is 1. The van der Waals surface area contributed by atoms with Crippen LogP contribution in [0.25, 0.3) is 0 Å². The van der Waals surface area contributed by atoms with Gasteiger partial charge in [0.15, 0.2) is 0 Å². The van der Waals surface area contributed by atoms with Crippen LogP contribution in [0.15, 0.2) is 41.3 Å². The SMILES string of the molecule is COc1ccc(NCC(=O)Nc2ccc(C#N)c(Cl)c2)cc1S(=O)(=O)N1CCOCC1. The van der Waals surface area contributed by atoms with Gasteiger partial charge in [0.25, 0.3) is 0 Å². The van der Waals surface area contributed by atoms with Gasteiger partial charge in [0.1, 0.15) is 16.7 Å². The van der Waals surface area contributed by atoms with Crippen LogP contribution in [0, 0.1) is 11.3 Å². The maximum absolute atomic E-state index is 13.0. The molecule has 1 fully saturated rings. The second-order valence-electron chi connectivity index (χ2n) is 6.59. The topological polar surface area (TPSA) is 121 Å². The summed E-state index contributed by atoms with van der Waals surface area (Å²) in [5.41, 5.74) is 1.20. The summed E-state index contributed by atoms with van der Waals surface area (Å²) in [5.74, 6) is -0.150. The summed E-state index contributed by atoms with van der Waals surface area (Å²) in [5, 5.41) is 14.7.